The lowest BCUT2D eigenvalue weighted by Gasteiger charge is -2.36. The number of β-amino-alcohol motifs (C(OH)–C–C–N with tert-alkyl or cyclic N) is 1. The minimum atomic E-state index is -0.634. The van der Waals surface area contributed by atoms with Crippen molar-refractivity contribution in [3.63, 3.8) is 0 Å². The smallest absolute Gasteiger partial charge is 0.145 e. The molecule has 134 valence electrons. The monoisotopic (exact) mass is 353 g/mol. The fraction of sp³-hybridized carbons (Fsp3) is 0.300. The molecular formula is C20H20FN3O2. The number of halogens is 1. The number of fused-ring (bicyclic) bond motifs is 1. The zero-order chi connectivity index (χ0) is 17.9. The predicted octanol–water partition coefficient (Wildman–Crippen LogP) is 2.78. The van der Waals surface area contributed by atoms with Crippen molar-refractivity contribution in [3.8, 4) is 5.75 Å². The molecule has 4 rings (SSSR count). The Kier molecular flexibility index (Phi) is 4.77. The van der Waals surface area contributed by atoms with E-state index < -0.39 is 6.10 Å². The molecule has 6 heteroatoms. The minimum Gasteiger partial charge on any atom is -0.487 e. The summed E-state index contributed by atoms with van der Waals surface area (Å²) in [5.41, 5.74) is 0.591. The van der Waals surface area contributed by atoms with E-state index in [4.69, 9.17) is 4.74 Å². The van der Waals surface area contributed by atoms with Gasteiger partial charge in [0, 0.05) is 54.6 Å². The van der Waals surface area contributed by atoms with Crippen molar-refractivity contribution in [1.82, 2.24) is 14.9 Å². The van der Waals surface area contributed by atoms with Crippen molar-refractivity contribution in [3.05, 3.63) is 66.5 Å². The van der Waals surface area contributed by atoms with Crippen LogP contribution < -0.4 is 4.74 Å². The maximum absolute atomic E-state index is 13.8. The van der Waals surface area contributed by atoms with Crippen LogP contribution in [-0.4, -0.2) is 45.3 Å². The van der Waals surface area contributed by atoms with Crippen molar-refractivity contribution in [2.24, 2.45) is 0 Å². The van der Waals surface area contributed by atoms with Gasteiger partial charge in [0.05, 0.1) is 6.20 Å². The van der Waals surface area contributed by atoms with Crippen molar-refractivity contribution in [2.45, 2.75) is 25.2 Å². The molecule has 0 saturated carbocycles. The number of benzene rings is 1. The van der Waals surface area contributed by atoms with Gasteiger partial charge in [-0.1, -0.05) is 12.1 Å². The Labute approximate surface area is 151 Å². The van der Waals surface area contributed by atoms with E-state index in [0.29, 0.717) is 25.1 Å². The summed E-state index contributed by atoms with van der Waals surface area (Å²) in [6.45, 7) is 1.63. The highest BCUT2D eigenvalue weighted by molar-refractivity contribution is 5.87. The zero-order valence-corrected chi connectivity index (χ0v) is 14.3. The van der Waals surface area contributed by atoms with Gasteiger partial charge in [0.1, 0.15) is 23.8 Å². The molecule has 5 nitrogen and oxygen atoms in total. The molecule has 0 amide bonds. The molecule has 1 aromatic carbocycles. The van der Waals surface area contributed by atoms with Crippen LogP contribution in [-0.2, 0) is 6.54 Å². The van der Waals surface area contributed by atoms with E-state index in [1.807, 2.05) is 29.2 Å². The van der Waals surface area contributed by atoms with Crippen molar-refractivity contribution in [1.29, 1.82) is 0 Å². The number of rotatable bonds is 4. The molecule has 2 aromatic heterocycles. The fourth-order valence-corrected chi connectivity index (χ4v) is 3.39. The third kappa shape index (κ3) is 3.52. The summed E-state index contributed by atoms with van der Waals surface area (Å²) in [5.74, 6) is 0.437. The highest BCUT2D eigenvalue weighted by Gasteiger charge is 2.30. The lowest BCUT2D eigenvalue weighted by atomic mass is 10.0. The van der Waals surface area contributed by atoms with Gasteiger partial charge < -0.3 is 9.84 Å². The molecule has 1 aliphatic heterocycles. The zero-order valence-electron chi connectivity index (χ0n) is 14.3. The molecule has 0 radical (unpaired) electrons. The van der Waals surface area contributed by atoms with Crippen molar-refractivity contribution >= 4 is 10.8 Å². The number of likely N-dealkylation sites (tertiary alicyclic amines) is 1. The molecule has 0 unspecified atom stereocenters. The number of aliphatic hydroxyl groups excluding tert-OH is 1. The number of aliphatic hydroxyl groups is 1. The summed E-state index contributed by atoms with van der Waals surface area (Å²) in [6, 6.07) is 9.41. The van der Waals surface area contributed by atoms with Gasteiger partial charge in [-0.05, 0) is 24.6 Å². The number of ether oxygens (including phenoxy) is 1. The Morgan fingerprint density at radius 1 is 1.15 bits per heavy atom. The van der Waals surface area contributed by atoms with Crippen LogP contribution in [0, 0.1) is 5.82 Å². The number of pyridine rings is 2. The highest BCUT2D eigenvalue weighted by Crippen LogP contribution is 2.28. The number of piperidine rings is 1. The van der Waals surface area contributed by atoms with Crippen LogP contribution in [0.5, 0.6) is 5.75 Å². The summed E-state index contributed by atoms with van der Waals surface area (Å²) in [4.78, 5) is 9.93. The molecule has 26 heavy (non-hydrogen) atoms. The van der Waals surface area contributed by atoms with E-state index in [2.05, 4.69) is 9.97 Å². The van der Waals surface area contributed by atoms with E-state index in [0.717, 1.165) is 23.1 Å². The molecule has 2 atom stereocenters. The molecule has 0 aliphatic carbocycles. The molecule has 0 spiro atoms. The summed E-state index contributed by atoms with van der Waals surface area (Å²) >= 11 is 0. The second kappa shape index (κ2) is 7.35. The summed E-state index contributed by atoms with van der Waals surface area (Å²) in [6.07, 6.45) is 6.09. The van der Waals surface area contributed by atoms with Crippen molar-refractivity contribution < 1.29 is 14.2 Å². The average molecular weight is 353 g/mol. The van der Waals surface area contributed by atoms with Gasteiger partial charge >= 0.3 is 0 Å². The lowest BCUT2D eigenvalue weighted by molar-refractivity contribution is -0.0271. The second-order valence-electron chi connectivity index (χ2n) is 6.57. The molecule has 1 N–H and O–H groups in total. The standard InChI is InChI=1S/C20H20FN3O2/c21-17-11-23-7-4-15(17)12-24-9-6-20(18(25)13-24)26-19-3-1-2-14-10-22-8-5-16(14)19/h1-5,7-8,10-11,18,20,25H,6,9,12-13H2/t18-,20-/m1/s1. The van der Waals surface area contributed by atoms with Crippen LogP contribution >= 0.6 is 0 Å². The van der Waals surface area contributed by atoms with E-state index in [1.165, 1.54) is 6.20 Å². The van der Waals surface area contributed by atoms with Crippen LogP contribution in [0.3, 0.4) is 0 Å². The van der Waals surface area contributed by atoms with E-state index >= 15 is 0 Å². The lowest BCUT2D eigenvalue weighted by Crippen LogP contribution is -2.48. The van der Waals surface area contributed by atoms with Gasteiger partial charge in [0.15, 0.2) is 0 Å². The van der Waals surface area contributed by atoms with Gasteiger partial charge in [-0.3, -0.25) is 14.9 Å². The first kappa shape index (κ1) is 16.9. The highest BCUT2D eigenvalue weighted by atomic mass is 19.1. The minimum absolute atomic E-state index is 0.285. The average Bonchev–Trinajstić information content (AvgIpc) is 2.66. The molecule has 0 bridgehead atoms. The van der Waals surface area contributed by atoms with Crippen LogP contribution in [0.1, 0.15) is 12.0 Å². The van der Waals surface area contributed by atoms with E-state index in [9.17, 15) is 9.50 Å². The first-order chi connectivity index (χ1) is 12.7. The largest absolute Gasteiger partial charge is 0.487 e. The Morgan fingerprint density at radius 3 is 2.85 bits per heavy atom. The van der Waals surface area contributed by atoms with Gasteiger partial charge in [-0.2, -0.15) is 0 Å². The SMILES string of the molecule is O[C@@H]1CN(Cc2ccncc2F)CC[C@H]1Oc1cccc2cnccc12. The Bertz CT molecular complexity index is 900. The molecule has 3 heterocycles. The van der Waals surface area contributed by atoms with Crippen LogP contribution in [0.2, 0.25) is 0 Å². The Balaban J connectivity index is 1.43. The van der Waals surface area contributed by atoms with Gasteiger partial charge in [-0.15, -0.1) is 0 Å². The normalized spacial score (nSPS) is 21.0. The molecule has 1 aliphatic rings. The summed E-state index contributed by atoms with van der Waals surface area (Å²) in [5, 5.41) is 12.5. The predicted molar refractivity (Wildman–Crippen MR) is 96.3 cm³/mol. The third-order valence-electron chi connectivity index (χ3n) is 4.77. The second-order valence-corrected chi connectivity index (χ2v) is 6.57. The fourth-order valence-electron chi connectivity index (χ4n) is 3.39. The third-order valence-corrected chi connectivity index (χ3v) is 4.77. The first-order valence-corrected chi connectivity index (χ1v) is 8.69. The molecular weight excluding hydrogens is 333 g/mol. The number of aromatic nitrogens is 2. The molecule has 1 saturated heterocycles. The Hall–Kier alpha value is -2.57. The van der Waals surface area contributed by atoms with Crippen molar-refractivity contribution in [2.75, 3.05) is 13.1 Å². The van der Waals surface area contributed by atoms with Gasteiger partial charge in [0.25, 0.3) is 0 Å². The van der Waals surface area contributed by atoms with Crippen LogP contribution in [0.15, 0.2) is 55.1 Å². The van der Waals surface area contributed by atoms with Crippen LogP contribution in [0.4, 0.5) is 4.39 Å². The van der Waals surface area contributed by atoms with Gasteiger partial charge in [0.2, 0.25) is 0 Å². The Morgan fingerprint density at radius 2 is 2.00 bits per heavy atom. The quantitative estimate of drug-likeness (QED) is 0.782. The van der Waals surface area contributed by atoms with E-state index in [1.54, 1.807) is 24.7 Å². The maximum Gasteiger partial charge on any atom is 0.145 e. The molecule has 3 aromatic rings. The van der Waals surface area contributed by atoms with Crippen LogP contribution in [0.25, 0.3) is 10.8 Å². The summed E-state index contributed by atoms with van der Waals surface area (Å²) in [7, 11) is 0. The van der Waals surface area contributed by atoms with Gasteiger partial charge in [-0.25, -0.2) is 4.39 Å². The summed E-state index contributed by atoms with van der Waals surface area (Å²) < 4.78 is 19.9. The number of nitrogens with zero attached hydrogens (tertiary/aromatic N) is 3. The maximum atomic E-state index is 13.8. The first-order valence-electron chi connectivity index (χ1n) is 8.69. The van der Waals surface area contributed by atoms with E-state index in [-0.39, 0.29) is 11.9 Å². The number of hydrogen-bond acceptors (Lipinski definition) is 5. The topological polar surface area (TPSA) is 58.5 Å². The number of hydrogen-bond donors (Lipinski definition) is 1. The molecule has 1 fully saturated rings.